The first-order valence-corrected chi connectivity index (χ1v) is 10.3. The van der Waals surface area contributed by atoms with Gasteiger partial charge in [0.2, 0.25) is 5.54 Å². The van der Waals surface area contributed by atoms with Gasteiger partial charge < -0.3 is 9.47 Å². The van der Waals surface area contributed by atoms with E-state index in [2.05, 4.69) is 5.10 Å². The number of aryl methyl sites for hydroxylation is 2. The Kier molecular flexibility index (Phi) is 6.64. The predicted molar refractivity (Wildman–Crippen MR) is 119 cm³/mol. The second kappa shape index (κ2) is 8.44. The molecule has 9 heteroatoms. The molecule has 0 aliphatic carbocycles. The Bertz CT molecular complexity index is 937. The maximum Gasteiger partial charge on any atom is 0.534 e. The van der Waals surface area contributed by atoms with Crippen molar-refractivity contribution in [3.05, 3.63) is 34.9 Å². The van der Waals surface area contributed by atoms with Gasteiger partial charge in [0.05, 0.1) is 0 Å². The number of nitrogens with zero attached hydrogens (tertiary/aromatic N) is 3. The number of hydrogen-bond acceptors (Lipinski definition) is 7. The highest BCUT2D eigenvalue weighted by molar-refractivity contribution is 6.24. The summed E-state index contributed by atoms with van der Waals surface area (Å²) in [6, 6.07) is 5.67. The average Bonchev–Trinajstić information content (AvgIpc) is 2.80. The predicted octanol–water partition coefficient (Wildman–Crippen LogP) is 4.34. The van der Waals surface area contributed by atoms with Crippen LogP contribution in [-0.4, -0.2) is 57.7 Å². The minimum Gasteiger partial charge on any atom is -0.442 e. The zero-order valence-corrected chi connectivity index (χ0v) is 20.5. The molecule has 0 fully saturated rings. The second-order valence-corrected chi connectivity index (χ2v) is 10.1. The number of hydroxylamine groups is 2. The molecule has 9 nitrogen and oxygen atoms in total. The van der Waals surface area contributed by atoms with Crippen LogP contribution in [0.4, 0.5) is 9.59 Å². The highest BCUT2D eigenvalue weighted by Gasteiger charge is 2.57. The number of likely N-dealkylation sites (N-methyl/N-ethyl adjacent to an activating group) is 1. The van der Waals surface area contributed by atoms with Crippen LogP contribution in [0.2, 0.25) is 0 Å². The van der Waals surface area contributed by atoms with Gasteiger partial charge in [-0.25, -0.2) is 14.6 Å². The number of benzene rings is 1. The lowest BCUT2D eigenvalue weighted by atomic mass is 9.88. The molecule has 1 aromatic rings. The van der Waals surface area contributed by atoms with E-state index in [1.54, 1.807) is 41.5 Å². The van der Waals surface area contributed by atoms with E-state index in [1.807, 2.05) is 32.0 Å². The molecule has 0 saturated carbocycles. The van der Waals surface area contributed by atoms with Gasteiger partial charge in [0.25, 0.3) is 5.91 Å². The van der Waals surface area contributed by atoms with Gasteiger partial charge >= 0.3 is 12.2 Å². The molecule has 0 spiro atoms. The van der Waals surface area contributed by atoms with Crippen molar-refractivity contribution in [2.24, 2.45) is 5.10 Å². The third-order valence-electron chi connectivity index (χ3n) is 4.44. The molecule has 0 radical (unpaired) electrons. The topological polar surface area (TPSA) is 97.7 Å². The molecule has 1 aliphatic heterocycles. The minimum absolute atomic E-state index is 0.242. The van der Waals surface area contributed by atoms with Crippen LogP contribution < -0.4 is 0 Å². The lowest BCUT2D eigenvalue weighted by Crippen LogP contribution is -2.61. The Balaban J connectivity index is 2.61. The van der Waals surface area contributed by atoms with Crippen LogP contribution in [0.1, 0.15) is 65.2 Å². The van der Waals surface area contributed by atoms with E-state index in [4.69, 9.17) is 14.3 Å². The molecule has 1 aliphatic rings. The summed E-state index contributed by atoms with van der Waals surface area (Å²) in [6.07, 6.45) is -2.17. The van der Waals surface area contributed by atoms with E-state index >= 15 is 0 Å². The number of carbonyl (C=O) groups excluding carboxylic acids is 3. The van der Waals surface area contributed by atoms with Crippen LogP contribution in [0.15, 0.2) is 23.3 Å². The monoisotopic (exact) mass is 447 g/mol. The quantitative estimate of drug-likeness (QED) is 0.494. The molecule has 1 unspecified atom stereocenters. The van der Waals surface area contributed by atoms with E-state index in [0.717, 1.165) is 16.1 Å². The Morgan fingerprint density at radius 2 is 1.47 bits per heavy atom. The standard InChI is InChI=1S/C23H33N3O6/c1-14-11-15(2)13-16(12-14)17-23(9,18(27)25(10)24-17)26(19(28)30-21(3,4)5)32-20(29)31-22(6,7)8/h11-13H,1-10H3. The fraction of sp³-hybridized carbons (Fsp3) is 0.565. The Hall–Kier alpha value is -3.10. The number of amides is 2. The Morgan fingerprint density at radius 3 is 1.94 bits per heavy atom. The van der Waals surface area contributed by atoms with Crippen LogP contribution in [0.3, 0.4) is 0 Å². The number of hydrogen-bond donors (Lipinski definition) is 0. The van der Waals surface area contributed by atoms with Crippen molar-refractivity contribution in [3.8, 4) is 0 Å². The first kappa shape index (κ1) is 25.2. The molecule has 1 heterocycles. The van der Waals surface area contributed by atoms with E-state index in [9.17, 15) is 14.4 Å². The van der Waals surface area contributed by atoms with Crippen LogP contribution in [0, 0.1) is 13.8 Å². The fourth-order valence-electron chi connectivity index (χ4n) is 3.30. The number of rotatable bonds is 2. The van der Waals surface area contributed by atoms with Gasteiger partial charge in [-0.15, -0.1) is 5.06 Å². The first-order valence-electron chi connectivity index (χ1n) is 10.3. The van der Waals surface area contributed by atoms with Crippen molar-refractivity contribution in [2.45, 2.75) is 79.1 Å². The highest BCUT2D eigenvalue weighted by Crippen LogP contribution is 2.33. The van der Waals surface area contributed by atoms with Gasteiger partial charge in [0, 0.05) is 12.6 Å². The molecular formula is C23H33N3O6. The van der Waals surface area contributed by atoms with E-state index in [-0.39, 0.29) is 5.71 Å². The van der Waals surface area contributed by atoms with Crippen molar-refractivity contribution in [1.29, 1.82) is 0 Å². The zero-order valence-electron chi connectivity index (χ0n) is 20.5. The lowest BCUT2D eigenvalue weighted by Gasteiger charge is -2.36. The van der Waals surface area contributed by atoms with Gasteiger partial charge in [-0.1, -0.05) is 29.3 Å². The summed E-state index contributed by atoms with van der Waals surface area (Å²) >= 11 is 0. The number of ether oxygens (including phenoxy) is 2. The Labute approximate surface area is 189 Å². The van der Waals surface area contributed by atoms with Gasteiger partial charge in [-0.05, 0) is 62.3 Å². The van der Waals surface area contributed by atoms with Gasteiger partial charge in [-0.3, -0.25) is 9.63 Å². The van der Waals surface area contributed by atoms with Crippen LogP contribution in [0.25, 0.3) is 0 Å². The van der Waals surface area contributed by atoms with Crippen molar-refractivity contribution < 1.29 is 28.7 Å². The molecule has 1 atom stereocenters. The molecule has 0 saturated heterocycles. The smallest absolute Gasteiger partial charge is 0.442 e. The SMILES string of the molecule is Cc1cc(C)cc(C2=NN(C)C(=O)C2(C)N(OC(=O)OC(C)(C)C)C(=O)OC(C)(C)C)c1. The summed E-state index contributed by atoms with van der Waals surface area (Å²) < 4.78 is 10.7. The van der Waals surface area contributed by atoms with Crippen molar-refractivity contribution >= 4 is 23.9 Å². The van der Waals surface area contributed by atoms with Crippen molar-refractivity contribution in [1.82, 2.24) is 10.1 Å². The van der Waals surface area contributed by atoms with Crippen molar-refractivity contribution in [2.75, 3.05) is 7.05 Å². The zero-order chi connectivity index (χ0) is 24.6. The molecule has 0 aromatic heterocycles. The minimum atomic E-state index is -1.78. The van der Waals surface area contributed by atoms with Gasteiger partial charge in [0.1, 0.15) is 16.9 Å². The first-order chi connectivity index (χ1) is 14.4. The summed E-state index contributed by atoms with van der Waals surface area (Å²) in [4.78, 5) is 44.3. The van der Waals surface area contributed by atoms with Gasteiger partial charge in [-0.2, -0.15) is 5.10 Å². The van der Waals surface area contributed by atoms with Crippen LogP contribution in [0.5, 0.6) is 0 Å². The molecule has 176 valence electrons. The molecule has 2 rings (SSSR count). The van der Waals surface area contributed by atoms with E-state index in [1.165, 1.54) is 14.0 Å². The lowest BCUT2D eigenvalue weighted by molar-refractivity contribution is -0.176. The maximum absolute atomic E-state index is 13.3. The summed E-state index contributed by atoms with van der Waals surface area (Å²) in [5.41, 5.74) is -0.816. The average molecular weight is 448 g/mol. The number of carbonyl (C=O) groups is 3. The van der Waals surface area contributed by atoms with E-state index in [0.29, 0.717) is 10.6 Å². The second-order valence-electron chi connectivity index (χ2n) is 10.1. The molecule has 2 amide bonds. The molecular weight excluding hydrogens is 414 g/mol. The third kappa shape index (κ3) is 5.57. The summed E-state index contributed by atoms with van der Waals surface area (Å²) in [6.45, 7) is 15.3. The summed E-state index contributed by atoms with van der Waals surface area (Å²) in [5, 5.41) is 6.11. The summed E-state index contributed by atoms with van der Waals surface area (Å²) in [5.74, 6) is -0.568. The summed E-state index contributed by atoms with van der Waals surface area (Å²) in [7, 11) is 1.47. The van der Waals surface area contributed by atoms with E-state index < -0.39 is 34.9 Å². The molecule has 0 bridgehead atoms. The normalized spacial score (nSPS) is 18.9. The van der Waals surface area contributed by atoms with Gasteiger partial charge in [0.15, 0.2) is 0 Å². The fourth-order valence-corrected chi connectivity index (χ4v) is 3.30. The van der Waals surface area contributed by atoms with Crippen molar-refractivity contribution in [3.63, 3.8) is 0 Å². The molecule has 32 heavy (non-hydrogen) atoms. The van der Waals surface area contributed by atoms with Crippen LogP contribution in [-0.2, 0) is 19.1 Å². The largest absolute Gasteiger partial charge is 0.534 e. The van der Waals surface area contributed by atoms with Crippen LogP contribution >= 0.6 is 0 Å². The Morgan fingerprint density at radius 1 is 0.969 bits per heavy atom. The maximum atomic E-state index is 13.3. The third-order valence-corrected chi connectivity index (χ3v) is 4.44. The number of hydrazone groups is 1. The highest BCUT2D eigenvalue weighted by atomic mass is 16.8. The molecule has 0 N–H and O–H groups in total. The molecule has 1 aromatic carbocycles.